The Hall–Kier alpha value is -0.740. The van der Waals surface area contributed by atoms with E-state index in [1.54, 1.807) is 0 Å². The average molecular weight is 250 g/mol. The molecule has 1 aromatic rings. The van der Waals surface area contributed by atoms with Gasteiger partial charge in [0.15, 0.2) is 0 Å². The normalized spacial score (nSPS) is 26.0. The van der Waals surface area contributed by atoms with Crippen molar-refractivity contribution in [3.05, 3.63) is 34.9 Å². The predicted octanol–water partition coefficient (Wildman–Crippen LogP) is 3.13. The van der Waals surface area contributed by atoms with E-state index in [1.165, 1.54) is 24.3 Å². The second kappa shape index (κ2) is 3.93. The average Bonchev–Trinajstić information content (AvgIpc) is 2.68. The summed E-state index contributed by atoms with van der Waals surface area (Å²) in [5, 5.41) is 3.23. The van der Waals surface area contributed by atoms with Crippen molar-refractivity contribution in [2.45, 2.75) is 18.0 Å². The smallest absolute Gasteiger partial charge is 0.315 e. The Labute approximate surface area is 96.6 Å². The zero-order chi connectivity index (χ0) is 11.8. The monoisotopic (exact) mass is 249 g/mol. The Kier molecular flexibility index (Phi) is 2.88. The number of hydrogen-bond acceptors (Lipinski definition) is 1. The summed E-state index contributed by atoms with van der Waals surface area (Å²) < 4.78 is 39.4. The van der Waals surface area contributed by atoms with Crippen molar-refractivity contribution in [1.29, 1.82) is 0 Å². The van der Waals surface area contributed by atoms with Crippen molar-refractivity contribution >= 4 is 11.6 Å². The lowest BCUT2D eigenvalue weighted by molar-refractivity contribution is -0.184. The molecule has 1 aliphatic rings. The maximum Gasteiger partial charge on any atom is 0.399 e. The van der Waals surface area contributed by atoms with Crippen LogP contribution in [0.5, 0.6) is 0 Å². The molecule has 16 heavy (non-hydrogen) atoms. The van der Waals surface area contributed by atoms with Crippen LogP contribution in [0, 0.1) is 0 Å². The van der Waals surface area contributed by atoms with E-state index in [9.17, 15) is 13.2 Å². The Morgan fingerprint density at radius 2 is 1.81 bits per heavy atom. The second-order valence-electron chi connectivity index (χ2n) is 4.01. The molecule has 1 unspecified atom stereocenters. The highest BCUT2D eigenvalue weighted by molar-refractivity contribution is 6.30. The van der Waals surface area contributed by atoms with Crippen molar-refractivity contribution in [2.75, 3.05) is 13.1 Å². The van der Waals surface area contributed by atoms with Gasteiger partial charge in [-0.3, -0.25) is 0 Å². The number of nitrogens with one attached hydrogen (secondary N) is 1. The summed E-state index contributed by atoms with van der Waals surface area (Å²) in [5.41, 5.74) is -1.47. The molecular formula is C11H11ClF3N. The van der Waals surface area contributed by atoms with Gasteiger partial charge in [0.1, 0.15) is 5.41 Å². The molecule has 0 aromatic heterocycles. The molecule has 88 valence electrons. The third-order valence-electron chi connectivity index (χ3n) is 3.09. The van der Waals surface area contributed by atoms with E-state index >= 15 is 0 Å². The number of rotatable bonds is 1. The van der Waals surface area contributed by atoms with E-state index in [2.05, 4.69) is 5.32 Å². The van der Waals surface area contributed by atoms with Gasteiger partial charge in [0, 0.05) is 11.6 Å². The molecule has 5 heteroatoms. The van der Waals surface area contributed by atoms with E-state index in [-0.39, 0.29) is 18.5 Å². The lowest BCUT2D eigenvalue weighted by Crippen LogP contribution is -2.44. The predicted molar refractivity (Wildman–Crippen MR) is 56.7 cm³/mol. The maximum atomic E-state index is 13.1. The molecule has 1 nitrogen and oxygen atoms in total. The lowest BCUT2D eigenvalue weighted by atomic mass is 9.79. The molecule has 1 saturated heterocycles. The topological polar surface area (TPSA) is 12.0 Å². The van der Waals surface area contributed by atoms with Gasteiger partial charge in [-0.1, -0.05) is 23.7 Å². The summed E-state index contributed by atoms with van der Waals surface area (Å²) >= 11 is 5.68. The van der Waals surface area contributed by atoms with Gasteiger partial charge >= 0.3 is 6.18 Å². The summed E-state index contributed by atoms with van der Waals surface area (Å²) in [4.78, 5) is 0. The van der Waals surface area contributed by atoms with Crippen molar-refractivity contribution in [1.82, 2.24) is 5.32 Å². The molecule has 1 atom stereocenters. The lowest BCUT2D eigenvalue weighted by Gasteiger charge is -2.31. The summed E-state index contributed by atoms with van der Waals surface area (Å²) in [5.74, 6) is 0. The van der Waals surface area contributed by atoms with E-state index in [4.69, 9.17) is 11.6 Å². The highest BCUT2D eigenvalue weighted by atomic mass is 35.5. The van der Waals surface area contributed by atoms with E-state index < -0.39 is 11.6 Å². The minimum absolute atomic E-state index is 0.0574. The van der Waals surface area contributed by atoms with Crippen molar-refractivity contribution in [2.24, 2.45) is 0 Å². The standard InChI is InChI=1S/C11H11ClF3N/c12-9-3-1-8(2-4-9)10(11(13,14)15)5-6-16-7-10/h1-4,16H,5-7H2. The van der Waals surface area contributed by atoms with E-state index in [0.717, 1.165) is 0 Å². The molecule has 1 N–H and O–H groups in total. The zero-order valence-corrected chi connectivity index (χ0v) is 9.20. The molecule has 0 aliphatic carbocycles. The first-order valence-corrected chi connectivity index (χ1v) is 5.37. The fourth-order valence-electron chi connectivity index (χ4n) is 2.11. The van der Waals surface area contributed by atoms with Crippen LogP contribution in [-0.2, 0) is 5.41 Å². The minimum Gasteiger partial charge on any atom is -0.315 e. The van der Waals surface area contributed by atoms with Crippen LogP contribution in [-0.4, -0.2) is 19.3 Å². The molecule has 0 saturated carbocycles. The second-order valence-corrected chi connectivity index (χ2v) is 4.45. The van der Waals surface area contributed by atoms with Crippen LogP contribution >= 0.6 is 11.6 Å². The van der Waals surface area contributed by atoms with Gasteiger partial charge in [-0.15, -0.1) is 0 Å². The van der Waals surface area contributed by atoms with Crippen molar-refractivity contribution in [3.8, 4) is 0 Å². The maximum absolute atomic E-state index is 13.1. The number of halogens is 4. The fourth-order valence-corrected chi connectivity index (χ4v) is 2.24. The zero-order valence-electron chi connectivity index (χ0n) is 8.44. The fraction of sp³-hybridized carbons (Fsp3) is 0.455. The van der Waals surface area contributed by atoms with Crippen LogP contribution in [0.3, 0.4) is 0 Å². The Bertz CT molecular complexity index is 366. The molecule has 1 heterocycles. The molecule has 1 fully saturated rings. The van der Waals surface area contributed by atoms with Crippen molar-refractivity contribution in [3.63, 3.8) is 0 Å². The van der Waals surface area contributed by atoms with Gasteiger partial charge in [0.25, 0.3) is 0 Å². The van der Waals surface area contributed by atoms with Crippen LogP contribution in [0.1, 0.15) is 12.0 Å². The van der Waals surface area contributed by atoms with Gasteiger partial charge in [0.05, 0.1) is 0 Å². The van der Waals surface area contributed by atoms with E-state index in [1.807, 2.05) is 0 Å². The van der Waals surface area contributed by atoms with Gasteiger partial charge in [-0.25, -0.2) is 0 Å². The van der Waals surface area contributed by atoms with Crippen LogP contribution < -0.4 is 5.32 Å². The van der Waals surface area contributed by atoms with Crippen LogP contribution in [0.15, 0.2) is 24.3 Å². The van der Waals surface area contributed by atoms with E-state index in [0.29, 0.717) is 11.6 Å². The number of alkyl halides is 3. The summed E-state index contributed by atoms with van der Waals surface area (Å²) in [6.07, 6.45) is -4.15. The molecule has 0 radical (unpaired) electrons. The van der Waals surface area contributed by atoms with Gasteiger partial charge in [0.2, 0.25) is 0 Å². The van der Waals surface area contributed by atoms with Gasteiger partial charge < -0.3 is 5.32 Å². The molecule has 0 amide bonds. The summed E-state index contributed by atoms with van der Waals surface area (Å²) in [6, 6.07) is 5.93. The van der Waals surface area contributed by atoms with Crippen LogP contribution in [0.25, 0.3) is 0 Å². The first-order valence-electron chi connectivity index (χ1n) is 4.99. The molecule has 1 aliphatic heterocycles. The van der Waals surface area contributed by atoms with Gasteiger partial charge in [-0.2, -0.15) is 13.2 Å². The van der Waals surface area contributed by atoms with Crippen LogP contribution in [0.4, 0.5) is 13.2 Å². The Morgan fingerprint density at radius 1 is 1.19 bits per heavy atom. The highest BCUT2D eigenvalue weighted by Crippen LogP contribution is 2.45. The van der Waals surface area contributed by atoms with Crippen molar-refractivity contribution < 1.29 is 13.2 Å². The third-order valence-corrected chi connectivity index (χ3v) is 3.35. The number of hydrogen-bond donors (Lipinski definition) is 1. The van der Waals surface area contributed by atoms with Crippen LogP contribution in [0.2, 0.25) is 5.02 Å². The minimum atomic E-state index is -4.23. The largest absolute Gasteiger partial charge is 0.399 e. The molecule has 0 spiro atoms. The summed E-state index contributed by atoms with van der Waals surface area (Å²) in [6.45, 7) is 0.334. The first-order chi connectivity index (χ1) is 7.46. The summed E-state index contributed by atoms with van der Waals surface area (Å²) in [7, 11) is 0. The third kappa shape index (κ3) is 1.80. The molecular weight excluding hydrogens is 239 g/mol. The first kappa shape index (κ1) is 11.7. The Morgan fingerprint density at radius 3 is 2.25 bits per heavy atom. The molecule has 1 aromatic carbocycles. The molecule has 2 rings (SSSR count). The van der Waals surface area contributed by atoms with Gasteiger partial charge in [-0.05, 0) is 30.7 Å². The quantitative estimate of drug-likeness (QED) is 0.806. The number of benzene rings is 1. The Balaban J connectivity index is 2.44. The highest BCUT2D eigenvalue weighted by Gasteiger charge is 2.56. The molecule has 0 bridgehead atoms. The SMILES string of the molecule is FC(F)(F)C1(c2ccc(Cl)cc2)CCNC1.